The lowest BCUT2D eigenvalue weighted by Gasteiger charge is -2.36. The van der Waals surface area contributed by atoms with Gasteiger partial charge in [0.25, 0.3) is 5.91 Å². The van der Waals surface area contributed by atoms with E-state index in [2.05, 4.69) is 35.9 Å². The van der Waals surface area contributed by atoms with Crippen molar-refractivity contribution in [2.24, 2.45) is 0 Å². The average Bonchev–Trinajstić information content (AvgIpc) is 3.25. The molecule has 1 saturated heterocycles. The standard InChI is InChI=1S/C36H45N5O5S.3C2H6.C2H4/c1-5-13-31-33(37-36(38-34(31)47-24-6-2)45-26-30(25-42)46-27(3)4)40-22-20-39(21-23-40)32(43)18-19-41(29-16-11-8-12-17-29)35(44)28-14-9-7-10-15-28;4*1-2/h1,7-12,14-17,27,30,42H,6,13,18-26H2,2-4H3;3*1-2H3;1-2H2/t30-;;;;/m1..../s1. The monoisotopic (exact) mass is 777 g/mol. The van der Waals surface area contributed by atoms with Gasteiger partial charge >= 0.3 is 6.01 Å². The van der Waals surface area contributed by atoms with E-state index in [1.165, 1.54) is 0 Å². The molecule has 1 N–H and O–H groups in total. The van der Waals surface area contributed by atoms with Crippen LogP contribution in [0.15, 0.2) is 78.8 Å². The van der Waals surface area contributed by atoms with Crippen molar-refractivity contribution < 1.29 is 24.2 Å². The molecular weight excluding hydrogens is 711 g/mol. The third-order valence-electron chi connectivity index (χ3n) is 7.53. The van der Waals surface area contributed by atoms with Crippen molar-refractivity contribution in [3.63, 3.8) is 0 Å². The first-order valence-electron chi connectivity index (χ1n) is 19.7. The van der Waals surface area contributed by atoms with Crippen LogP contribution >= 0.6 is 11.8 Å². The Kier molecular flexibility index (Phi) is 28.4. The van der Waals surface area contributed by atoms with E-state index in [0.717, 1.165) is 28.5 Å². The summed E-state index contributed by atoms with van der Waals surface area (Å²) in [6.45, 7) is 26.2. The van der Waals surface area contributed by atoms with Crippen LogP contribution in [-0.2, 0) is 16.0 Å². The number of thioether (sulfide) groups is 1. The maximum atomic E-state index is 13.4. The SMILES string of the molecule is C#CCc1c(SCCC)nc(OC[C@@H](CO)OC(C)C)nc1N1CCN(C(=O)CCN(C(=O)c2ccccc2)c2ccccc2)CC1.C=C.CC.CC.CC. The second-order valence-corrected chi connectivity index (χ2v) is 12.5. The number of rotatable bonds is 16. The first-order valence-corrected chi connectivity index (χ1v) is 20.6. The van der Waals surface area contributed by atoms with Gasteiger partial charge in [-0.15, -0.1) is 37.3 Å². The highest BCUT2D eigenvalue weighted by Crippen LogP contribution is 2.32. The van der Waals surface area contributed by atoms with Crippen LogP contribution in [0.2, 0.25) is 0 Å². The summed E-state index contributed by atoms with van der Waals surface area (Å²) in [6.07, 6.45) is 6.74. The van der Waals surface area contributed by atoms with Crippen LogP contribution in [0.3, 0.4) is 0 Å². The molecule has 0 radical (unpaired) electrons. The van der Waals surface area contributed by atoms with Gasteiger partial charge in [0.15, 0.2) is 0 Å². The van der Waals surface area contributed by atoms with E-state index >= 15 is 0 Å². The van der Waals surface area contributed by atoms with Gasteiger partial charge in [0.2, 0.25) is 5.91 Å². The van der Waals surface area contributed by atoms with Crippen LogP contribution in [-0.4, -0.2) is 95.7 Å². The van der Waals surface area contributed by atoms with Crippen molar-refractivity contribution in [1.29, 1.82) is 0 Å². The fourth-order valence-corrected chi connectivity index (χ4v) is 6.12. The van der Waals surface area contributed by atoms with Crippen LogP contribution < -0.4 is 14.5 Å². The highest BCUT2D eigenvalue weighted by molar-refractivity contribution is 7.99. The number of para-hydroxylation sites is 1. The number of anilines is 2. The summed E-state index contributed by atoms with van der Waals surface area (Å²) in [5.41, 5.74) is 2.19. The van der Waals surface area contributed by atoms with Gasteiger partial charge in [-0.2, -0.15) is 9.97 Å². The zero-order valence-electron chi connectivity index (χ0n) is 34.9. The first kappa shape index (κ1) is 50.6. The Morgan fingerprint density at radius 3 is 2.05 bits per heavy atom. The topological polar surface area (TPSA) is 108 Å². The summed E-state index contributed by atoms with van der Waals surface area (Å²) in [5.74, 6) is 4.16. The minimum absolute atomic E-state index is 0.0126. The van der Waals surface area contributed by atoms with E-state index < -0.39 is 6.10 Å². The number of aliphatic hydroxyl groups is 1. The van der Waals surface area contributed by atoms with Gasteiger partial charge in [0.05, 0.1) is 12.7 Å². The van der Waals surface area contributed by atoms with Crippen molar-refractivity contribution in [2.45, 2.75) is 98.8 Å². The molecule has 0 spiro atoms. The number of terminal acetylenes is 1. The molecule has 3 aromatic rings. The molecule has 2 aromatic carbocycles. The quantitative estimate of drug-likeness (QED) is 0.0663. The number of amides is 2. The second kappa shape index (κ2) is 30.9. The molecule has 11 heteroatoms. The van der Waals surface area contributed by atoms with Gasteiger partial charge in [-0.25, -0.2) is 0 Å². The maximum absolute atomic E-state index is 13.4. The Balaban J connectivity index is 0.00000342. The Bertz CT molecular complexity index is 1500. The number of ether oxygens (including phenoxy) is 2. The predicted molar refractivity (Wildman–Crippen MR) is 231 cm³/mol. The molecule has 1 aliphatic rings. The number of aromatic nitrogens is 2. The largest absolute Gasteiger partial charge is 0.461 e. The minimum atomic E-state index is -0.505. The fraction of sp³-hybridized carbons (Fsp3) is 0.500. The molecule has 0 saturated carbocycles. The van der Waals surface area contributed by atoms with Gasteiger partial charge in [-0.3, -0.25) is 9.59 Å². The number of benzene rings is 2. The average molecular weight is 778 g/mol. The van der Waals surface area contributed by atoms with Crippen molar-refractivity contribution in [1.82, 2.24) is 14.9 Å². The summed E-state index contributed by atoms with van der Waals surface area (Å²) >= 11 is 1.61. The van der Waals surface area contributed by atoms with Crippen molar-refractivity contribution >= 4 is 35.1 Å². The number of carbonyl (C=O) groups is 2. The molecule has 4 rings (SSSR count). The number of piperazine rings is 1. The first-order chi connectivity index (χ1) is 26.8. The normalized spacial score (nSPS) is 12.1. The molecule has 55 heavy (non-hydrogen) atoms. The Morgan fingerprint density at radius 1 is 0.945 bits per heavy atom. The molecule has 2 heterocycles. The van der Waals surface area contributed by atoms with Gasteiger partial charge < -0.3 is 29.3 Å². The lowest BCUT2D eigenvalue weighted by molar-refractivity contribution is -0.131. The molecule has 1 aromatic heterocycles. The van der Waals surface area contributed by atoms with E-state index in [1.807, 2.05) is 109 Å². The summed E-state index contributed by atoms with van der Waals surface area (Å²) in [4.78, 5) is 42.0. The Morgan fingerprint density at radius 2 is 1.53 bits per heavy atom. The number of nitrogens with zero attached hydrogens (tertiary/aromatic N) is 5. The lowest BCUT2D eigenvalue weighted by Crippen LogP contribution is -2.50. The van der Waals surface area contributed by atoms with Gasteiger partial charge in [-0.1, -0.05) is 84.9 Å². The van der Waals surface area contributed by atoms with Gasteiger partial charge in [0.1, 0.15) is 23.6 Å². The molecule has 2 amide bonds. The molecule has 0 aliphatic carbocycles. The van der Waals surface area contributed by atoms with Crippen LogP contribution in [0.5, 0.6) is 6.01 Å². The molecule has 0 unspecified atom stereocenters. The zero-order valence-corrected chi connectivity index (χ0v) is 35.7. The van der Waals surface area contributed by atoms with Gasteiger partial charge in [-0.05, 0) is 50.3 Å². The highest BCUT2D eigenvalue weighted by Gasteiger charge is 2.27. The van der Waals surface area contributed by atoms with Crippen LogP contribution in [0.1, 0.15) is 91.1 Å². The second-order valence-electron chi connectivity index (χ2n) is 11.4. The van der Waals surface area contributed by atoms with E-state index in [1.54, 1.807) is 28.8 Å². The number of carbonyl (C=O) groups excluding carboxylic acids is 2. The summed E-state index contributed by atoms with van der Waals surface area (Å²) in [7, 11) is 0. The molecule has 1 atom stereocenters. The highest BCUT2D eigenvalue weighted by atomic mass is 32.2. The third kappa shape index (κ3) is 17.3. The van der Waals surface area contributed by atoms with Crippen LogP contribution in [0.25, 0.3) is 0 Å². The zero-order chi connectivity index (χ0) is 41.6. The predicted octanol–water partition coefficient (Wildman–Crippen LogP) is 8.59. The Labute approximate surface area is 336 Å². The van der Waals surface area contributed by atoms with Crippen LogP contribution in [0.4, 0.5) is 11.5 Å². The van der Waals surface area contributed by atoms with Crippen molar-refractivity contribution in [3.8, 4) is 18.4 Å². The van der Waals surface area contributed by atoms with E-state index in [9.17, 15) is 14.7 Å². The molecule has 304 valence electrons. The number of hydrogen-bond acceptors (Lipinski definition) is 9. The van der Waals surface area contributed by atoms with Crippen molar-refractivity contribution in [2.75, 3.05) is 61.5 Å². The summed E-state index contributed by atoms with van der Waals surface area (Å²) < 4.78 is 11.7. The summed E-state index contributed by atoms with van der Waals surface area (Å²) in [6, 6.07) is 18.7. The van der Waals surface area contributed by atoms with Crippen LogP contribution in [0, 0.1) is 12.3 Å². The van der Waals surface area contributed by atoms with E-state index in [-0.39, 0.29) is 50.1 Å². The molecule has 10 nitrogen and oxygen atoms in total. The summed E-state index contributed by atoms with van der Waals surface area (Å²) in [5, 5.41) is 10.5. The minimum Gasteiger partial charge on any atom is -0.461 e. The number of aliphatic hydroxyl groups excluding tert-OH is 1. The lowest BCUT2D eigenvalue weighted by atomic mass is 10.1. The number of hydrogen-bond donors (Lipinski definition) is 1. The maximum Gasteiger partial charge on any atom is 0.319 e. The molecule has 1 aliphatic heterocycles. The van der Waals surface area contributed by atoms with Crippen molar-refractivity contribution in [3.05, 3.63) is 84.9 Å². The third-order valence-corrected chi connectivity index (χ3v) is 8.75. The fourth-order valence-electron chi connectivity index (χ4n) is 5.25. The Hall–Kier alpha value is -4.37. The molecule has 1 fully saturated rings. The smallest absolute Gasteiger partial charge is 0.319 e. The molecular formula is C44H67N5O5S. The van der Waals surface area contributed by atoms with E-state index in [0.29, 0.717) is 44.0 Å². The van der Waals surface area contributed by atoms with E-state index in [4.69, 9.17) is 20.9 Å². The van der Waals surface area contributed by atoms with Gasteiger partial charge in [0, 0.05) is 62.4 Å². The molecule has 0 bridgehead atoms.